The predicted octanol–water partition coefficient (Wildman–Crippen LogP) is 5.37. The number of hydrogen-bond acceptors (Lipinski definition) is 4. The maximum atomic E-state index is 13.5. The molecule has 1 amide bonds. The van der Waals surface area contributed by atoms with Crippen LogP contribution in [-0.4, -0.2) is 30.5 Å². The number of nitrogens with zero attached hydrogens (tertiary/aromatic N) is 5. The predicted molar refractivity (Wildman–Crippen MR) is 121 cm³/mol. The Kier molecular flexibility index (Phi) is 6.19. The van der Waals surface area contributed by atoms with E-state index >= 15 is 0 Å². The van der Waals surface area contributed by atoms with E-state index in [0.29, 0.717) is 16.0 Å². The van der Waals surface area contributed by atoms with Gasteiger partial charge in [0.2, 0.25) is 5.91 Å². The molecule has 0 saturated carbocycles. The number of pyridine rings is 1. The van der Waals surface area contributed by atoms with E-state index < -0.39 is 17.6 Å². The zero-order chi connectivity index (χ0) is 23.9. The molecular weight excluding hydrogens is 525 g/mol. The first-order chi connectivity index (χ1) is 15.5. The van der Waals surface area contributed by atoms with Crippen LogP contribution in [0.25, 0.3) is 11.0 Å². The lowest BCUT2D eigenvalue weighted by Crippen LogP contribution is -2.20. The number of carbonyl (C=O) groups is 1. The van der Waals surface area contributed by atoms with Gasteiger partial charge in [-0.2, -0.15) is 23.4 Å². The summed E-state index contributed by atoms with van der Waals surface area (Å²) in [5.74, 6) is -0.226. The van der Waals surface area contributed by atoms with E-state index in [0.717, 1.165) is 11.6 Å². The van der Waals surface area contributed by atoms with Crippen molar-refractivity contribution in [2.45, 2.75) is 33.1 Å². The second-order valence-corrected chi connectivity index (χ2v) is 8.74. The number of halogens is 5. The second-order valence-electron chi connectivity index (χ2n) is 7.45. The van der Waals surface area contributed by atoms with Gasteiger partial charge in [0.05, 0.1) is 27.7 Å². The van der Waals surface area contributed by atoms with E-state index in [4.69, 9.17) is 11.6 Å². The highest BCUT2D eigenvalue weighted by molar-refractivity contribution is 9.10. The summed E-state index contributed by atoms with van der Waals surface area (Å²) in [6.07, 6.45) is -2.85. The molecule has 0 aliphatic heterocycles. The molecule has 0 fully saturated rings. The first kappa shape index (κ1) is 23.2. The van der Waals surface area contributed by atoms with Crippen molar-refractivity contribution < 1.29 is 18.0 Å². The highest BCUT2D eigenvalue weighted by atomic mass is 79.9. The lowest BCUT2D eigenvalue weighted by Gasteiger charge is -2.10. The molecule has 1 aromatic carbocycles. The molecule has 3 aromatic heterocycles. The Hall–Kier alpha value is -2.92. The van der Waals surface area contributed by atoms with Gasteiger partial charge < -0.3 is 5.32 Å². The summed E-state index contributed by atoms with van der Waals surface area (Å²) in [5.41, 5.74) is 0.471. The van der Waals surface area contributed by atoms with Crippen molar-refractivity contribution >= 4 is 50.3 Å². The van der Waals surface area contributed by atoms with Crippen LogP contribution < -0.4 is 5.32 Å². The molecule has 0 bridgehead atoms. The molecular formula is C21H17BrClF3N6O. The molecule has 12 heteroatoms. The van der Waals surface area contributed by atoms with E-state index in [9.17, 15) is 18.0 Å². The van der Waals surface area contributed by atoms with Crippen molar-refractivity contribution in [3.05, 3.63) is 68.5 Å². The fourth-order valence-corrected chi connectivity index (χ4v) is 4.00. The van der Waals surface area contributed by atoms with Crippen LogP contribution >= 0.6 is 27.5 Å². The largest absolute Gasteiger partial charge is 0.417 e. The minimum atomic E-state index is -4.56. The lowest BCUT2D eigenvalue weighted by atomic mass is 10.1. The Labute approximate surface area is 199 Å². The molecule has 4 aromatic rings. The van der Waals surface area contributed by atoms with Crippen LogP contribution in [0.4, 0.5) is 19.0 Å². The smallest absolute Gasteiger partial charge is 0.307 e. The molecule has 1 N–H and O–H groups in total. The zero-order valence-electron chi connectivity index (χ0n) is 17.4. The van der Waals surface area contributed by atoms with E-state index in [1.807, 2.05) is 12.1 Å². The van der Waals surface area contributed by atoms with E-state index in [1.54, 1.807) is 23.0 Å². The van der Waals surface area contributed by atoms with Crippen molar-refractivity contribution in [2.75, 3.05) is 5.32 Å². The number of aryl methyl sites for hydroxylation is 2. The molecule has 0 aliphatic carbocycles. The number of nitrogens with one attached hydrogen (secondary N) is 1. The molecule has 0 spiro atoms. The Balaban J connectivity index is 1.54. The molecule has 0 saturated heterocycles. The number of aromatic nitrogens is 5. The standard InChI is InChI=1S/C21H17BrClF3N6O/c1-11-7-15(21(24,25)26)18-12(2)29-32(20(18)27-11)10-17(33)28-19-16(22)9-31(30-19)8-13-3-5-14(23)6-4-13/h3-7,9H,8,10H2,1-2H3,(H,28,30,33). The van der Waals surface area contributed by atoms with Crippen molar-refractivity contribution in [3.63, 3.8) is 0 Å². The monoisotopic (exact) mass is 540 g/mol. The highest BCUT2D eigenvalue weighted by Crippen LogP contribution is 2.36. The Morgan fingerprint density at radius 2 is 1.88 bits per heavy atom. The zero-order valence-corrected chi connectivity index (χ0v) is 19.8. The van der Waals surface area contributed by atoms with Crippen molar-refractivity contribution in [2.24, 2.45) is 0 Å². The van der Waals surface area contributed by atoms with Gasteiger partial charge in [-0.15, -0.1) is 0 Å². The Morgan fingerprint density at radius 3 is 2.55 bits per heavy atom. The minimum Gasteiger partial charge on any atom is -0.307 e. The number of amides is 1. The molecule has 0 unspecified atom stereocenters. The van der Waals surface area contributed by atoms with Crippen molar-refractivity contribution in [1.29, 1.82) is 0 Å². The van der Waals surface area contributed by atoms with Gasteiger partial charge in [-0.1, -0.05) is 23.7 Å². The Morgan fingerprint density at radius 1 is 1.18 bits per heavy atom. The summed E-state index contributed by atoms with van der Waals surface area (Å²) >= 11 is 9.26. The first-order valence-electron chi connectivity index (χ1n) is 9.70. The van der Waals surface area contributed by atoms with E-state index in [1.165, 1.54) is 18.5 Å². The SMILES string of the molecule is Cc1cc(C(F)(F)F)c2c(C)nn(CC(=O)Nc3nn(Cc4ccc(Cl)cc4)cc3Br)c2n1. The number of alkyl halides is 3. The molecule has 0 radical (unpaired) electrons. The van der Waals surface area contributed by atoms with Crippen molar-refractivity contribution in [3.8, 4) is 0 Å². The van der Waals surface area contributed by atoms with Gasteiger partial charge in [-0.25, -0.2) is 9.67 Å². The second kappa shape index (κ2) is 8.79. The number of rotatable bonds is 5. The van der Waals surface area contributed by atoms with Gasteiger partial charge in [0.15, 0.2) is 11.5 Å². The normalized spacial score (nSPS) is 11.8. The summed E-state index contributed by atoms with van der Waals surface area (Å²) in [4.78, 5) is 16.8. The number of carbonyl (C=O) groups excluding carboxylic acids is 1. The molecule has 0 atom stereocenters. The minimum absolute atomic E-state index is 0.00214. The molecule has 3 heterocycles. The first-order valence-corrected chi connectivity index (χ1v) is 10.9. The van der Waals surface area contributed by atoms with Gasteiger partial charge >= 0.3 is 6.18 Å². The number of hydrogen-bond donors (Lipinski definition) is 1. The van der Waals surface area contributed by atoms with E-state index in [-0.39, 0.29) is 34.8 Å². The third kappa shape index (κ3) is 5.03. The van der Waals surface area contributed by atoms with Crippen LogP contribution in [0.3, 0.4) is 0 Å². The maximum Gasteiger partial charge on any atom is 0.417 e. The molecule has 172 valence electrons. The fraction of sp³-hybridized carbons (Fsp3) is 0.238. The third-order valence-electron chi connectivity index (χ3n) is 4.84. The van der Waals surface area contributed by atoms with Crippen LogP contribution in [0, 0.1) is 13.8 Å². The number of benzene rings is 1. The summed E-state index contributed by atoms with van der Waals surface area (Å²) < 4.78 is 43.8. The van der Waals surface area contributed by atoms with Gasteiger partial charge in [0.25, 0.3) is 0 Å². The lowest BCUT2D eigenvalue weighted by molar-refractivity contribution is -0.136. The average Bonchev–Trinajstić information content (AvgIpc) is 3.21. The Bertz CT molecular complexity index is 1350. The van der Waals surface area contributed by atoms with Gasteiger partial charge in [0.1, 0.15) is 6.54 Å². The topological polar surface area (TPSA) is 77.6 Å². The maximum absolute atomic E-state index is 13.5. The van der Waals surface area contributed by atoms with Gasteiger partial charge in [-0.3, -0.25) is 9.48 Å². The van der Waals surface area contributed by atoms with Crippen LogP contribution in [0.1, 0.15) is 22.5 Å². The summed E-state index contributed by atoms with van der Waals surface area (Å²) in [5, 5.41) is 11.6. The van der Waals surface area contributed by atoms with Gasteiger partial charge in [-0.05, 0) is 53.5 Å². The van der Waals surface area contributed by atoms with Gasteiger partial charge in [0, 0.05) is 16.9 Å². The average molecular weight is 542 g/mol. The van der Waals surface area contributed by atoms with Crippen molar-refractivity contribution in [1.82, 2.24) is 24.5 Å². The van der Waals surface area contributed by atoms with Crippen LogP contribution in [0.15, 0.2) is 41.0 Å². The molecule has 33 heavy (non-hydrogen) atoms. The molecule has 7 nitrogen and oxygen atoms in total. The van der Waals surface area contributed by atoms with Crippen LogP contribution in [0.5, 0.6) is 0 Å². The van der Waals surface area contributed by atoms with Crippen LogP contribution in [0.2, 0.25) is 5.02 Å². The summed E-state index contributed by atoms with van der Waals surface area (Å²) in [7, 11) is 0. The molecule has 0 aliphatic rings. The third-order valence-corrected chi connectivity index (χ3v) is 5.67. The fourth-order valence-electron chi connectivity index (χ4n) is 3.46. The quantitative estimate of drug-likeness (QED) is 0.369. The number of anilines is 1. The number of fused-ring (bicyclic) bond motifs is 1. The summed E-state index contributed by atoms with van der Waals surface area (Å²) in [6.45, 7) is 3.05. The summed E-state index contributed by atoms with van der Waals surface area (Å²) in [6, 6.07) is 8.26. The van der Waals surface area contributed by atoms with E-state index in [2.05, 4.69) is 36.4 Å². The highest BCUT2D eigenvalue weighted by Gasteiger charge is 2.35. The van der Waals surface area contributed by atoms with Crippen LogP contribution in [-0.2, 0) is 24.1 Å². The molecule has 4 rings (SSSR count).